The number of rotatable bonds is 4. The number of ketones is 1. The Morgan fingerprint density at radius 1 is 1.53 bits per heavy atom. The van der Waals surface area contributed by atoms with E-state index in [2.05, 4.69) is 12.2 Å². The Balaban J connectivity index is 2.02. The van der Waals surface area contributed by atoms with Gasteiger partial charge < -0.3 is 10.1 Å². The summed E-state index contributed by atoms with van der Waals surface area (Å²) in [5.41, 5.74) is 1.04. The number of carbonyl (C=O) groups is 1. The average Bonchev–Trinajstić information content (AvgIpc) is 2.76. The van der Waals surface area contributed by atoms with Crippen molar-refractivity contribution in [2.24, 2.45) is 5.92 Å². The highest BCUT2D eigenvalue weighted by Gasteiger charge is 2.28. The van der Waals surface area contributed by atoms with E-state index in [1.54, 1.807) is 7.11 Å². The molecule has 1 aliphatic heterocycles. The standard InChI is InChI=1S/C14H19NO2/c1-10-13(6-7-15-10)14(16)9-11-4-3-5-12(8-11)17-2/h3-5,8,10,13,15H,6-7,9H2,1-2H3. The first-order valence-electron chi connectivity index (χ1n) is 6.09. The van der Waals surface area contributed by atoms with Crippen molar-refractivity contribution in [2.75, 3.05) is 13.7 Å². The van der Waals surface area contributed by atoms with Gasteiger partial charge in [0, 0.05) is 18.4 Å². The molecule has 92 valence electrons. The van der Waals surface area contributed by atoms with Gasteiger partial charge in [-0.25, -0.2) is 0 Å². The molecule has 0 aliphatic carbocycles. The van der Waals surface area contributed by atoms with E-state index in [0.29, 0.717) is 18.2 Å². The molecule has 1 N–H and O–H groups in total. The van der Waals surface area contributed by atoms with E-state index < -0.39 is 0 Å². The largest absolute Gasteiger partial charge is 0.497 e. The van der Waals surface area contributed by atoms with Crippen LogP contribution in [0.25, 0.3) is 0 Å². The number of benzene rings is 1. The molecular formula is C14H19NO2. The van der Waals surface area contributed by atoms with E-state index in [9.17, 15) is 4.79 Å². The topological polar surface area (TPSA) is 38.3 Å². The lowest BCUT2D eigenvalue weighted by molar-refractivity contribution is -0.122. The zero-order chi connectivity index (χ0) is 12.3. The molecule has 3 heteroatoms. The molecule has 2 rings (SSSR count). The van der Waals surface area contributed by atoms with Crippen LogP contribution in [0.5, 0.6) is 5.75 Å². The van der Waals surface area contributed by atoms with E-state index in [0.717, 1.165) is 24.3 Å². The molecular weight excluding hydrogens is 214 g/mol. The van der Waals surface area contributed by atoms with Crippen molar-refractivity contribution in [1.82, 2.24) is 5.32 Å². The monoisotopic (exact) mass is 233 g/mol. The average molecular weight is 233 g/mol. The maximum absolute atomic E-state index is 12.1. The summed E-state index contributed by atoms with van der Waals surface area (Å²) in [6, 6.07) is 8.05. The third-order valence-corrected chi connectivity index (χ3v) is 3.45. The van der Waals surface area contributed by atoms with Crippen LogP contribution in [0.4, 0.5) is 0 Å². The number of hydrogen-bond acceptors (Lipinski definition) is 3. The van der Waals surface area contributed by atoms with Crippen LogP contribution in [0.2, 0.25) is 0 Å². The molecule has 0 amide bonds. The Labute approximate surface area is 102 Å². The summed E-state index contributed by atoms with van der Waals surface area (Å²) in [5.74, 6) is 1.31. The van der Waals surface area contributed by atoms with E-state index in [4.69, 9.17) is 4.74 Å². The molecule has 3 nitrogen and oxygen atoms in total. The van der Waals surface area contributed by atoms with Crippen molar-refractivity contribution in [2.45, 2.75) is 25.8 Å². The summed E-state index contributed by atoms with van der Waals surface area (Å²) in [6.07, 6.45) is 1.47. The minimum Gasteiger partial charge on any atom is -0.497 e. The predicted octanol–water partition coefficient (Wildman–Crippen LogP) is 1.80. The lowest BCUT2D eigenvalue weighted by Crippen LogP contribution is -2.29. The van der Waals surface area contributed by atoms with Gasteiger partial charge in [-0.3, -0.25) is 4.79 Å². The number of nitrogens with one attached hydrogen (secondary N) is 1. The normalized spacial score (nSPS) is 23.6. The molecule has 0 aromatic heterocycles. The fraction of sp³-hybridized carbons (Fsp3) is 0.500. The predicted molar refractivity (Wildman–Crippen MR) is 67.3 cm³/mol. The molecule has 0 bridgehead atoms. The number of methoxy groups -OCH3 is 1. The van der Waals surface area contributed by atoms with E-state index >= 15 is 0 Å². The van der Waals surface area contributed by atoms with Crippen LogP contribution in [-0.2, 0) is 11.2 Å². The van der Waals surface area contributed by atoms with Crippen LogP contribution in [0.3, 0.4) is 0 Å². The summed E-state index contributed by atoms with van der Waals surface area (Å²) in [5, 5.41) is 3.31. The SMILES string of the molecule is COc1cccc(CC(=O)C2CCNC2C)c1. The van der Waals surface area contributed by atoms with Gasteiger partial charge >= 0.3 is 0 Å². The van der Waals surface area contributed by atoms with E-state index in [-0.39, 0.29) is 5.92 Å². The van der Waals surface area contributed by atoms with Gasteiger partial charge in [-0.15, -0.1) is 0 Å². The van der Waals surface area contributed by atoms with Gasteiger partial charge in [0.05, 0.1) is 7.11 Å². The van der Waals surface area contributed by atoms with Gasteiger partial charge in [-0.05, 0) is 37.6 Å². The molecule has 2 atom stereocenters. The smallest absolute Gasteiger partial charge is 0.141 e. The van der Waals surface area contributed by atoms with Crippen molar-refractivity contribution in [1.29, 1.82) is 0 Å². The highest BCUT2D eigenvalue weighted by Crippen LogP contribution is 2.20. The zero-order valence-corrected chi connectivity index (χ0v) is 10.4. The maximum Gasteiger partial charge on any atom is 0.141 e. The van der Waals surface area contributed by atoms with Crippen molar-refractivity contribution in [3.05, 3.63) is 29.8 Å². The first-order chi connectivity index (χ1) is 8.20. The fourth-order valence-corrected chi connectivity index (χ4v) is 2.41. The lowest BCUT2D eigenvalue weighted by atomic mass is 9.92. The van der Waals surface area contributed by atoms with Gasteiger partial charge in [0.2, 0.25) is 0 Å². The summed E-state index contributed by atoms with van der Waals surface area (Å²) >= 11 is 0. The Kier molecular flexibility index (Phi) is 3.79. The molecule has 1 heterocycles. The van der Waals surface area contributed by atoms with Crippen molar-refractivity contribution >= 4 is 5.78 Å². The molecule has 1 aromatic rings. The Bertz CT molecular complexity index is 403. The first kappa shape index (κ1) is 12.1. The summed E-state index contributed by atoms with van der Waals surface area (Å²) < 4.78 is 5.16. The number of Topliss-reactive ketones (excluding diaryl/α,β-unsaturated/α-hetero) is 1. The van der Waals surface area contributed by atoms with E-state index in [1.165, 1.54) is 0 Å². The molecule has 0 saturated carbocycles. The van der Waals surface area contributed by atoms with Crippen LogP contribution >= 0.6 is 0 Å². The molecule has 1 aliphatic rings. The fourth-order valence-electron chi connectivity index (χ4n) is 2.41. The first-order valence-corrected chi connectivity index (χ1v) is 6.09. The number of carbonyl (C=O) groups excluding carboxylic acids is 1. The summed E-state index contributed by atoms with van der Waals surface area (Å²) in [6.45, 7) is 3.04. The minimum atomic E-state index is 0.168. The number of ether oxygens (including phenoxy) is 1. The third kappa shape index (κ3) is 2.86. The van der Waals surface area contributed by atoms with Gasteiger partial charge in [0.15, 0.2) is 0 Å². The lowest BCUT2D eigenvalue weighted by Gasteiger charge is -2.13. The van der Waals surface area contributed by atoms with Crippen LogP contribution in [0.1, 0.15) is 18.9 Å². The van der Waals surface area contributed by atoms with Gasteiger partial charge in [0.1, 0.15) is 11.5 Å². The maximum atomic E-state index is 12.1. The summed E-state index contributed by atoms with van der Waals surface area (Å²) in [7, 11) is 1.64. The molecule has 2 unspecified atom stereocenters. The Hall–Kier alpha value is -1.35. The van der Waals surface area contributed by atoms with Crippen molar-refractivity contribution in [3.63, 3.8) is 0 Å². The van der Waals surface area contributed by atoms with Gasteiger partial charge in [-0.1, -0.05) is 12.1 Å². The Morgan fingerprint density at radius 2 is 2.35 bits per heavy atom. The second kappa shape index (κ2) is 5.32. The second-order valence-electron chi connectivity index (χ2n) is 4.63. The minimum absolute atomic E-state index is 0.168. The van der Waals surface area contributed by atoms with Crippen LogP contribution < -0.4 is 10.1 Å². The van der Waals surface area contributed by atoms with Crippen LogP contribution in [0, 0.1) is 5.92 Å². The molecule has 1 fully saturated rings. The molecule has 1 saturated heterocycles. The van der Waals surface area contributed by atoms with Crippen LogP contribution in [-0.4, -0.2) is 25.5 Å². The van der Waals surface area contributed by atoms with Gasteiger partial charge in [0.25, 0.3) is 0 Å². The quantitative estimate of drug-likeness (QED) is 0.862. The molecule has 0 spiro atoms. The zero-order valence-electron chi connectivity index (χ0n) is 10.4. The second-order valence-corrected chi connectivity index (χ2v) is 4.63. The van der Waals surface area contributed by atoms with Crippen molar-refractivity contribution < 1.29 is 9.53 Å². The highest BCUT2D eigenvalue weighted by atomic mass is 16.5. The molecule has 17 heavy (non-hydrogen) atoms. The van der Waals surface area contributed by atoms with Crippen LogP contribution in [0.15, 0.2) is 24.3 Å². The van der Waals surface area contributed by atoms with Crippen molar-refractivity contribution in [3.8, 4) is 5.75 Å². The van der Waals surface area contributed by atoms with Gasteiger partial charge in [-0.2, -0.15) is 0 Å². The number of hydrogen-bond donors (Lipinski definition) is 1. The Morgan fingerprint density at radius 3 is 3.00 bits per heavy atom. The molecule has 0 radical (unpaired) electrons. The van der Waals surface area contributed by atoms with E-state index in [1.807, 2.05) is 24.3 Å². The molecule has 1 aromatic carbocycles. The summed E-state index contributed by atoms with van der Waals surface area (Å²) in [4.78, 5) is 12.1. The third-order valence-electron chi connectivity index (χ3n) is 3.45. The highest BCUT2D eigenvalue weighted by molar-refractivity contribution is 5.84.